The molecule has 13 nitrogen and oxygen atoms in total. The first-order valence-corrected chi connectivity index (χ1v) is 10.4. The molecule has 1 aromatic heterocycles. The highest BCUT2D eigenvalue weighted by Crippen LogP contribution is 2.08. The highest BCUT2D eigenvalue weighted by molar-refractivity contribution is 5.92. The van der Waals surface area contributed by atoms with E-state index in [4.69, 9.17) is 15.9 Å². The lowest BCUT2D eigenvalue weighted by Gasteiger charge is -2.21. The van der Waals surface area contributed by atoms with Crippen LogP contribution >= 0.6 is 0 Å². The lowest BCUT2D eigenvalue weighted by Crippen LogP contribution is -2.53. The van der Waals surface area contributed by atoms with Crippen LogP contribution in [0.1, 0.15) is 37.8 Å². The van der Waals surface area contributed by atoms with Crippen molar-refractivity contribution in [1.29, 1.82) is 0 Å². The van der Waals surface area contributed by atoms with Crippen LogP contribution in [0.4, 0.5) is 0 Å². The number of aromatic nitrogens is 3. The Morgan fingerprint density at radius 1 is 0.912 bits per heavy atom. The van der Waals surface area contributed by atoms with Gasteiger partial charge in [0.1, 0.15) is 12.1 Å². The van der Waals surface area contributed by atoms with Crippen molar-refractivity contribution in [3.05, 3.63) is 42.2 Å². The monoisotopic (exact) mass is 474 g/mol. The van der Waals surface area contributed by atoms with E-state index >= 15 is 0 Å². The van der Waals surface area contributed by atoms with Crippen LogP contribution in [0.25, 0.3) is 5.69 Å². The number of primary amides is 1. The van der Waals surface area contributed by atoms with E-state index in [1.165, 1.54) is 0 Å². The third-order valence-corrected chi connectivity index (χ3v) is 4.78. The van der Waals surface area contributed by atoms with Gasteiger partial charge in [-0.1, -0.05) is 23.4 Å². The first kappa shape index (κ1) is 26.0. The van der Waals surface area contributed by atoms with E-state index in [1.54, 1.807) is 10.9 Å². The second-order valence-corrected chi connectivity index (χ2v) is 7.44. The van der Waals surface area contributed by atoms with Crippen LogP contribution in [-0.2, 0) is 30.4 Å². The summed E-state index contributed by atoms with van der Waals surface area (Å²) in [6.07, 6.45) is 0.520. The summed E-state index contributed by atoms with van der Waals surface area (Å²) in [5.74, 6) is -4.68. The highest BCUT2D eigenvalue weighted by atomic mass is 16.4. The molecule has 0 aliphatic rings. The Bertz CT molecular complexity index is 1020. The maximum absolute atomic E-state index is 12.6. The smallest absolute Gasteiger partial charge is 0.303 e. The van der Waals surface area contributed by atoms with E-state index in [0.29, 0.717) is 5.69 Å². The summed E-state index contributed by atoms with van der Waals surface area (Å²) in [4.78, 5) is 58.2. The second-order valence-electron chi connectivity index (χ2n) is 7.44. The van der Waals surface area contributed by atoms with Crippen LogP contribution in [0, 0.1) is 0 Å². The zero-order valence-corrected chi connectivity index (χ0v) is 18.2. The molecule has 6 N–H and O–H groups in total. The molecule has 0 saturated heterocycles. The van der Waals surface area contributed by atoms with Crippen molar-refractivity contribution in [2.75, 3.05) is 0 Å². The van der Waals surface area contributed by atoms with Gasteiger partial charge in [0.25, 0.3) is 0 Å². The number of hydrogen-bond acceptors (Lipinski definition) is 7. The van der Waals surface area contributed by atoms with Crippen molar-refractivity contribution >= 4 is 29.7 Å². The number of benzene rings is 1. The van der Waals surface area contributed by atoms with Crippen molar-refractivity contribution in [3.8, 4) is 5.69 Å². The Hall–Kier alpha value is -4.29. The van der Waals surface area contributed by atoms with Crippen LogP contribution in [0.3, 0.4) is 0 Å². The number of nitrogens with one attached hydrogen (secondary N) is 2. The molecule has 1 heterocycles. The third-order valence-electron chi connectivity index (χ3n) is 4.78. The van der Waals surface area contributed by atoms with Crippen molar-refractivity contribution in [2.24, 2.45) is 5.73 Å². The first-order valence-electron chi connectivity index (χ1n) is 10.4. The molecule has 1 aromatic carbocycles. The van der Waals surface area contributed by atoms with Crippen LogP contribution in [0.2, 0.25) is 0 Å². The Balaban J connectivity index is 1.96. The maximum atomic E-state index is 12.6. The Kier molecular flexibility index (Phi) is 9.68. The predicted molar refractivity (Wildman–Crippen MR) is 116 cm³/mol. The quantitative estimate of drug-likeness (QED) is 0.236. The number of hydrogen-bond donors (Lipinski definition) is 5. The first-order chi connectivity index (χ1) is 16.2. The number of carboxylic acid groups (broad SMARTS) is 2. The van der Waals surface area contributed by atoms with E-state index in [1.807, 2.05) is 30.3 Å². The molecule has 0 saturated carbocycles. The van der Waals surface area contributed by atoms with Gasteiger partial charge in [0.05, 0.1) is 17.6 Å². The number of aliphatic carboxylic acids is 2. The molecule has 0 aliphatic heterocycles. The maximum Gasteiger partial charge on any atom is 0.303 e. The van der Waals surface area contributed by atoms with Gasteiger partial charge < -0.3 is 26.6 Å². The molecule has 0 spiro atoms. The molecule has 3 amide bonds. The summed E-state index contributed by atoms with van der Waals surface area (Å²) < 4.78 is 1.55. The van der Waals surface area contributed by atoms with Gasteiger partial charge in [0.15, 0.2) is 0 Å². The van der Waals surface area contributed by atoms with Gasteiger partial charge >= 0.3 is 11.9 Å². The number of amides is 3. The number of para-hydroxylation sites is 1. The van der Waals surface area contributed by atoms with Crippen LogP contribution < -0.4 is 16.4 Å². The number of rotatable bonds is 14. The van der Waals surface area contributed by atoms with Gasteiger partial charge in [0, 0.05) is 25.7 Å². The van der Waals surface area contributed by atoms with E-state index < -0.39 is 54.6 Å². The highest BCUT2D eigenvalue weighted by Gasteiger charge is 2.26. The summed E-state index contributed by atoms with van der Waals surface area (Å²) in [5, 5.41) is 30.5. The molecule has 2 unspecified atom stereocenters. The minimum atomic E-state index is -1.28. The van der Waals surface area contributed by atoms with Crippen molar-refractivity contribution in [2.45, 2.75) is 50.6 Å². The zero-order chi connectivity index (χ0) is 25.1. The molecule has 0 bridgehead atoms. The fraction of sp³-hybridized carbons (Fsp3) is 0.381. The van der Waals surface area contributed by atoms with Crippen molar-refractivity contribution in [1.82, 2.24) is 25.6 Å². The third kappa shape index (κ3) is 8.68. The molecule has 182 valence electrons. The lowest BCUT2D eigenvalue weighted by atomic mass is 10.1. The van der Waals surface area contributed by atoms with Crippen LogP contribution in [-0.4, -0.2) is 67.0 Å². The fourth-order valence-corrected chi connectivity index (χ4v) is 2.99. The lowest BCUT2D eigenvalue weighted by molar-refractivity contribution is -0.139. The minimum Gasteiger partial charge on any atom is -0.481 e. The minimum absolute atomic E-state index is 0.0530. The van der Waals surface area contributed by atoms with Gasteiger partial charge in [0.2, 0.25) is 17.7 Å². The van der Waals surface area contributed by atoms with Gasteiger partial charge in [-0.15, -0.1) is 5.10 Å². The Morgan fingerprint density at radius 2 is 1.53 bits per heavy atom. The fourth-order valence-electron chi connectivity index (χ4n) is 2.99. The standard InChI is InChI=1S/C21H26N6O7/c22-20(33)15(7-10-18(29)30)24-21(34)16(8-11-19(31)32)23-17(28)9-6-13-12-27(26-25-13)14-4-2-1-3-5-14/h1-5,12,15-16H,6-11H2,(H2,22,33)(H,23,28)(H,24,34)(H,29,30)(H,31,32). The summed E-state index contributed by atoms with van der Waals surface area (Å²) in [5.41, 5.74) is 6.54. The zero-order valence-electron chi connectivity index (χ0n) is 18.2. The Labute approximate surface area is 194 Å². The summed E-state index contributed by atoms with van der Waals surface area (Å²) in [7, 11) is 0. The summed E-state index contributed by atoms with van der Waals surface area (Å²) in [6, 6.07) is 6.70. The predicted octanol–water partition coefficient (Wildman–Crippen LogP) is -0.616. The van der Waals surface area contributed by atoms with Crippen molar-refractivity contribution < 1.29 is 34.2 Å². The molecular formula is C21H26N6O7. The average molecular weight is 474 g/mol. The van der Waals surface area contributed by atoms with E-state index in [2.05, 4.69) is 20.9 Å². The van der Waals surface area contributed by atoms with Gasteiger partial charge in [-0.2, -0.15) is 0 Å². The van der Waals surface area contributed by atoms with Crippen molar-refractivity contribution in [3.63, 3.8) is 0 Å². The number of carbonyl (C=O) groups is 5. The SMILES string of the molecule is NC(=O)C(CCC(=O)O)NC(=O)C(CCC(=O)O)NC(=O)CCc1cn(-c2ccccc2)nn1. The molecular weight excluding hydrogens is 448 g/mol. The average Bonchev–Trinajstić information content (AvgIpc) is 3.27. The normalized spacial score (nSPS) is 12.4. The number of carbonyl (C=O) groups excluding carboxylic acids is 3. The summed E-state index contributed by atoms with van der Waals surface area (Å²) >= 11 is 0. The molecule has 0 aliphatic carbocycles. The largest absolute Gasteiger partial charge is 0.481 e. The van der Waals surface area contributed by atoms with E-state index in [-0.39, 0.29) is 25.7 Å². The van der Waals surface area contributed by atoms with Crippen LogP contribution in [0.15, 0.2) is 36.5 Å². The number of nitrogens with zero attached hydrogens (tertiary/aromatic N) is 3. The molecule has 2 rings (SSSR count). The number of aryl methyl sites for hydroxylation is 1. The number of carboxylic acids is 2. The van der Waals surface area contributed by atoms with E-state index in [9.17, 15) is 24.0 Å². The molecule has 2 atom stereocenters. The topological polar surface area (TPSA) is 207 Å². The van der Waals surface area contributed by atoms with Gasteiger partial charge in [-0.3, -0.25) is 24.0 Å². The Morgan fingerprint density at radius 3 is 2.12 bits per heavy atom. The molecule has 13 heteroatoms. The van der Waals surface area contributed by atoms with Crippen LogP contribution in [0.5, 0.6) is 0 Å². The van der Waals surface area contributed by atoms with E-state index in [0.717, 1.165) is 5.69 Å². The number of nitrogens with two attached hydrogens (primary N) is 1. The molecule has 0 radical (unpaired) electrons. The van der Waals surface area contributed by atoms with Gasteiger partial charge in [-0.25, -0.2) is 4.68 Å². The summed E-state index contributed by atoms with van der Waals surface area (Å²) in [6.45, 7) is 0. The second kappa shape index (κ2) is 12.7. The molecule has 0 fully saturated rings. The molecule has 2 aromatic rings. The van der Waals surface area contributed by atoms with Gasteiger partial charge in [-0.05, 0) is 25.0 Å². The molecule has 34 heavy (non-hydrogen) atoms.